The van der Waals surface area contributed by atoms with Gasteiger partial charge in [0.05, 0.1) is 12.1 Å². The summed E-state index contributed by atoms with van der Waals surface area (Å²) in [6.45, 7) is 0. The van der Waals surface area contributed by atoms with Gasteiger partial charge in [-0.05, 0) is 12.1 Å². The average Bonchev–Trinajstić information content (AvgIpc) is 3.17. The van der Waals surface area contributed by atoms with Crippen molar-refractivity contribution in [2.24, 2.45) is 0 Å². The molecule has 0 aromatic carbocycles. The zero-order valence-electron chi connectivity index (χ0n) is 10.2. The molecule has 1 fully saturated rings. The summed E-state index contributed by atoms with van der Waals surface area (Å²) in [5.41, 5.74) is 0.0742. The molecule has 20 heavy (non-hydrogen) atoms. The van der Waals surface area contributed by atoms with E-state index in [0.29, 0.717) is 23.2 Å². The Balaban J connectivity index is 1.83. The minimum absolute atomic E-state index is 0.0742. The number of nitrogens with zero attached hydrogens (tertiary/aromatic N) is 2. The molecule has 2 aromatic rings. The molecule has 0 spiro atoms. The predicted molar refractivity (Wildman–Crippen MR) is 69.1 cm³/mol. The van der Waals surface area contributed by atoms with Crippen molar-refractivity contribution in [2.45, 2.75) is 6.04 Å². The SMILES string of the molecule is O=C(O)[C@@H]1CSCN1C(=O)c1cc(-c2ccco2)on1. The van der Waals surface area contributed by atoms with Gasteiger partial charge in [-0.1, -0.05) is 5.16 Å². The fourth-order valence-corrected chi connectivity index (χ4v) is 3.05. The molecule has 3 rings (SSSR count). The molecule has 1 N–H and O–H groups in total. The molecule has 0 aliphatic carbocycles. The summed E-state index contributed by atoms with van der Waals surface area (Å²) in [5.74, 6) is 0.0316. The van der Waals surface area contributed by atoms with Crippen molar-refractivity contribution in [3.8, 4) is 11.5 Å². The van der Waals surface area contributed by atoms with Gasteiger partial charge in [-0.15, -0.1) is 11.8 Å². The number of hydrogen-bond acceptors (Lipinski definition) is 6. The Hall–Kier alpha value is -2.22. The molecule has 0 radical (unpaired) electrons. The molecule has 1 saturated heterocycles. The first-order valence-corrected chi connectivity index (χ1v) is 6.94. The van der Waals surface area contributed by atoms with E-state index in [-0.39, 0.29) is 5.69 Å². The molecule has 1 atom stereocenters. The van der Waals surface area contributed by atoms with Gasteiger partial charge in [-0.3, -0.25) is 4.79 Å². The quantitative estimate of drug-likeness (QED) is 0.916. The summed E-state index contributed by atoms with van der Waals surface area (Å²) < 4.78 is 10.2. The van der Waals surface area contributed by atoms with E-state index in [9.17, 15) is 9.59 Å². The number of rotatable bonds is 3. The van der Waals surface area contributed by atoms with Gasteiger partial charge in [0.15, 0.2) is 11.5 Å². The molecule has 3 heterocycles. The van der Waals surface area contributed by atoms with E-state index in [0.717, 1.165) is 0 Å². The molecule has 8 heteroatoms. The number of carboxylic acids is 1. The largest absolute Gasteiger partial charge is 0.480 e. The Bertz CT molecular complexity index is 636. The van der Waals surface area contributed by atoms with Crippen molar-refractivity contribution in [2.75, 3.05) is 11.6 Å². The third-order valence-corrected chi connectivity index (χ3v) is 3.93. The van der Waals surface area contributed by atoms with E-state index in [1.54, 1.807) is 12.1 Å². The van der Waals surface area contributed by atoms with Crippen molar-refractivity contribution in [1.29, 1.82) is 0 Å². The number of carbonyl (C=O) groups is 2. The maximum atomic E-state index is 12.2. The van der Waals surface area contributed by atoms with Gasteiger partial charge in [-0.25, -0.2) is 4.79 Å². The summed E-state index contributed by atoms with van der Waals surface area (Å²) in [4.78, 5) is 24.6. The van der Waals surface area contributed by atoms with Crippen LogP contribution in [0.4, 0.5) is 0 Å². The lowest BCUT2D eigenvalue weighted by atomic mass is 10.2. The molecule has 0 unspecified atom stereocenters. The summed E-state index contributed by atoms with van der Waals surface area (Å²) in [6.07, 6.45) is 1.48. The maximum absolute atomic E-state index is 12.2. The van der Waals surface area contributed by atoms with Crippen LogP contribution in [0.5, 0.6) is 0 Å². The molecule has 1 aliphatic rings. The fourth-order valence-electron chi connectivity index (χ4n) is 1.91. The van der Waals surface area contributed by atoms with Crippen molar-refractivity contribution in [1.82, 2.24) is 10.1 Å². The number of aromatic nitrogens is 1. The summed E-state index contributed by atoms with van der Waals surface area (Å²) in [7, 11) is 0. The highest BCUT2D eigenvalue weighted by Crippen LogP contribution is 2.25. The first-order chi connectivity index (χ1) is 9.66. The first-order valence-electron chi connectivity index (χ1n) is 5.79. The summed E-state index contributed by atoms with van der Waals surface area (Å²) >= 11 is 1.39. The van der Waals surface area contributed by atoms with E-state index >= 15 is 0 Å². The van der Waals surface area contributed by atoms with Gasteiger partial charge in [-0.2, -0.15) is 0 Å². The molecule has 1 amide bonds. The lowest BCUT2D eigenvalue weighted by Gasteiger charge is -2.18. The number of carbonyl (C=O) groups excluding carboxylic acids is 1. The van der Waals surface area contributed by atoms with Crippen molar-refractivity contribution < 1.29 is 23.6 Å². The first kappa shape index (κ1) is 12.8. The van der Waals surface area contributed by atoms with Crippen LogP contribution in [0.2, 0.25) is 0 Å². The number of thioether (sulfide) groups is 1. The number of amides is 1. The number of carboxylic acid groups (broad SMARTS) is 1. The molecule has 7 nitrogen and oxygen atoms in total. The molecule has 104 valence electrons. The Kier molecular flexibility index (Phi) is 3.23. The van der Waals surface area contributed by atoms with Crippen molar-refractivity contribution in [3.05, 3.63) is 30.2 Å². The zero-order chi connectivity index (χ0) is 14.1. The summed E-state index contributed by atoms with van der Waals surface area (Å²) in [6, 6.07) is 4.00. The average molecular weight is 294 g/mol. The third kappa shape index (κ3) is 2.18. The van der Waals surface area contributed by atoms with Crippen LogP contribution in [0, 0.1) is 0 Å². The molecular formula is C12H10N2O5S. The number of hydrogen-bond donors (Lipinski definition) is 1. The van der Waals surface area contributed by atoms with E-state index in [1.807, 2.05) is 0 Å². The van der Waals surface area contributed by atoms with Crippen LogP contribution in [0.1, 0.15) is 10.5 Å². The smallest absolute Gasteiger partial charge is 0.327 e. The second-order valence-electron chi connectivity index (χ2n) is 4.18. The van der Waals surface area contributed by atoms with Gasteiger partial charge in [0.2, 0.25) is 5.76 Å². The van der Waals surface area contributed by atoms with Crippen molar-refractivity contribution in [3.63, 3.8) is 0 Å². The minimum Gasteiger partial charge on any atom is -0.480 e. The van der Waals surface area contributed by atoms with Crippen LogP contribution in [0.25, 0.3) is 11.5 Å². The van der Waals surface area contributed by atoms with Crippen LogP contribution in [-0.2, 0) is 4.79 Å². The van der Waals surface area contributed by atoms with Gasteiger partial charge in [0.1, 0.15) is 6.04 Å². The second-order valence-corrected chi connectivity index (χ2v) is 5.18. The molecule has 2 aromatic heterocycles. The molecular weight excluding hydrogens is 284 g/mol. The topological polar surface area (TPSA) is 96.8 Å². The fraction of sp³-hybridized carbons (Fsp3) is 0.250. The van der Waals surface area contributed by atoms with Crippen LogP contribution < -0.4 is 0 Å². The highest BCUT2D eigenvalue weighted by atomic mass is 32.2. The van der Waals surface area contributed by atoms with Gasteiger partial charge < -0.3 is 18.9 Å². The monoisotopic (exact) mass is 294 g/mol. The molecule has 0 bridgehead atoms. The van der Waals surface area contributed by atoms with Crippen LogP contribution >= 0.6 is 11.8 Å². The third-order valence-electron chi connectivity index (χ3n) is 2.92. The second kappa shape index (κ2) is 5.04. The normalized spacial score (nSPS) is 18.4. The highest BCUT2D eigenvalue weighted by Gasteiger charge is 2.36. The van der Waals surface area contributed by atoms with E-state index in [4.69, 9.17) is 14.0 Å². The van der Waals surface area contributed by atoms with Crippen LogP contribution in [0.3, 0.4) is 0 Å². The van der Waals surface area contributed by atoms with E-state index in [1.165, 1.54) is 29.0 Å². The zero-order valence-corrected chi connectivity index (χ0v) is 11.0. The lowest BCUT2D eigenvalue weighted by Crippen LogP contribution is -2.41. The summed E-state index contributed by atoms with van der Waals surface area (Å²) in [5, 5.41) is 12.8. The predicted octanol–water partition coefficient (Wildman–Crippen LogP) is 1.53. The number of furan rings is 1. The molecule has 0 saturated carbocycles. The highest BCUT2D eigenvalue weighted by molar-refractivity contribution is 7.99. The minimum atomic E-state index is -1.02. The Morgan fingerprint density at radius 2 is 2.30 bits per heavy atom. The maximum Gasteiger partial charge on any atom is 0.327 e. The van der Waals surface area contributed by atoms with Crippen LogP contribution in [-0.4, -0.2) is 44.7 Å². The van der Waals surface area contributed by atoms with Gasteiger partial charge in [0.25, 0.3) is 5.91 Å². The standard InChI is InChI=1S/C12H10N2O5S/c15-11(14-6-20-5-8(14)12(16)17)7-4-10(19-13-7)9-2-1-3-18-9/h1-4,8H,5-6H2,(H,16,17)/t8-/m0/s1. The van der Waals surface area contributed by atoms with Crippen molar-refractivity contribution >= 4 is 23.6 Å². The van der Waals surface area contributed by atoms with Gasteiger partial charge in [0, 0.05) is 11.8 Å². The van der Waals surface area contributed by atoms with E-state index in [2.05, 4.69) is 5.16 Å². The Morgan fingerprint density at radius 3 is 3.00 bits per heavy atom. The number of aliphatic carboxylic acids is 1. The Morgan fingerprint density at radius 1 is 1.45 bits per heavy atom. The van der Waals surface area contributed by atoms with Gasteiger partial charge >= 0.3 is 5.97 Å². The lowest BCUT2D eigenvalue weighted by molar-refractivity contribution is -0.140. The molecule has 1 aliphatic heterocycles. The Labute approximate surface area is 117 Å². The van der Waals surface area contributed by atoms with Crippen LogP contribution in [0.15, 0.2) is 33.4 Å². The van der Waals surface area contributed by atoms with E-state index < -0.39 is 17.9 Å².